The number of alkyl carbamates (subject to hydrolysis) is 1. The van der Waals surface area contributed by atoms with Gasteiger partial charge < -0.3 is 15.8 Å². The number of aryl methyl sites for hydroxylation is 3. The van der Waals surface area contributed by atoms with Crippen LogP contribution in [0, 0.1) is 6.92 Å². The van der Waals surface area contributed by atoms with Gasteiger partial charge in [-0.25, -0.2) is 14.8 Å². The number of imidazole rings is 1. The van der Waals surface area contributed by atoms with E-state index in [4.69, 9.17) is 10.5 Å². The number of carbonyl (C=O) groups excluding carboxylic acids is 3. The second-order valence-corrected chi connectivity index (χ2v) is 8.74. The molecule has 12 heteroatoms. The van der Waals surface area contributed by atoms with Gasteiger partial charge in [-0.15, -0.1) is 0 Å². The lowest BCUT2D eigenvalue weighted by molar-refractivity contribution is 0.0526. The molecule has 0 aliphatic heterocycles. The zero-order chi connectivity index (χ0) is 25.0. The Morgan fingerprint density at radius 2 is 1.94 bits per heavy atom. The zero-order valence-electron chi connectivity index (χ0n) is 20.0. The topological polar surface area (TPSA) is 159 Å². The molecule has 12 nitrogen and oxygen atoms in total. The van der Waals surface area contributed by atoms with E-state index in [-0.39, 0.29) is 17.4 Å². The van der Waals surface area contributed by atoms with Crippen molar-refractivity contribution in [2.45, 2.75) is 59.7 Å². The van der Waals surface area contributed by atoms with Crippen LogP contribution in [0.3, 0.4) is 0 Å². The fourth-order valence-electron chi connectivity index (χ4n) is 3.33. The van der Waals surface area contributed by atoms with Crippen molar-refractivity contribution >= 4 is 35.0 Å². The Morgan fingerprint density at radius 3 is 2.59 bits per heavy atom. The van der Waals surface area contributed by atoms with Crippen molar-refractivity contribution in [3.63, 3.8) is 0 Å². The van der Waals surface area contributed by atoms with E-state index in [9.17, 15) is 14.4 Å². The van der Waals surface area contributed by atoms with E-state index >= 15 is 0 Å². The quantitative estimate of drug-likeness (QED) is 0.426. The predicted molar refractivity (Wildman–Crippen MR) is 125 cm³/mol. The van der Waals surface area contributed by atoms with Gasteiger partial charge >= 0.3 is 6.09 Å². The van der Waals surface area contributed by atoms with Gasteiger partial charge in [0.2, 0.25) is 11.9 Å². The maximum absolute atomic E-state index is 13.0. The van der Waals surface area contributed by atoms with E-state index in [0.29, 0.717) is 42.9 Å². The lowest BCUT2D eigenvalue weighted by Gasteiger charge is -2.19. The van der Waals surface area contributed by atoms with Crippen molar-refractivity contribution in [3.8, 4) is 0 Å². The number of pyridine rings is 1. The van der Waals surface area contributed by atoms with Crippen LogP contribution in [-0.4, -0.2) is 54.4 Å². The number of fused-ring (bicyclic) bond motifs is 1. The third-order valence-electron chi connectivity index (χ3n) is 4.76. The van der Waals surface area contributed by atoms with Gasteiger partial charge in [0.05, 0.1) is 11.3 Å². The summed E-state index contributed by atoms with van der Waals surface area (Å²) in [5.41, 5.74) is 6.99. The van der Waals surface area contributed by atoms with Crippen LogP contribution in [0.4, 0.5) is 10.7 Å². The number of nitrogens with one attached hydrogen (secondary N) is 2. The van der Waals surface area contributed by atoms with E-state index < -0.39 is 17.6 Å². The number of hydrogen-bond donors (Lipinski definition) is 3. The standard InChI is InChI=1S/C22H30N8O4/c1-6-30-16(10-13(2)28-30)19(32)27-20-26-15-11-14(17(23)31)12-25-18(15)29(20)9-7-8-24-21(33)34-22(3,4)5/h10-12H,6-9H2,1-5H3,(H2,23,31)(H,24,33)(H,26,27,32). The van der Waals surface area contributed by atoms with E-state index in [1.54, 1.807) is 36.1 Å². The van der Waals surface area contributed by atoms with E-state index in [1.165, 1.54) is 12.3 Å². The van der Waals surface area contributed by atoms with Crippen LogP contribution in [0.1, 0.15) is 60.7 Å². The van der Waals surface area contributed by atoms with Crippen molar-refractivity contribution in [3.05, 3.63) is 35.3 Å². The fraction of sp³-hybridized carbons (Fsp3) is 0.455. The minimum Gasteiger partial charge on any atom is -0.444 e. The molecular weight excluding hydrogens is 440 g/mol. The number of nitrogens with two attached hydrogens (primary N) is 1. The summed E-state index contributed by atoms with van der Waals surface area (Å²) in [7, 11) is 0. The van der Waals surface area contributed by atoms with Crippen LogP contribution in [0.15, 0.2) is 18.3 Å². The fourth-order valence-corrected chi connectivity index (χ4v) is 3.33. The molecule has 34 heavy (non-hydrogen) atoms. The average molecular weight is 471 g/mol. The molecule has 3 aromatic rings. The number of rotatable bonds is 8. The average Bonchev–Trinajstić information content (AvgIpc) is 3.29. The number of carbonyl (C=O) groups is 3. The minimum atomic E-state index is -0.626. The van der Waals surface area contributed by atoms with Crippen LogP contribution in [-0.2, 0) is 17.8 Å². The van der Waals surface area contributed by atoms with Gasteiger partial charge in [-0.1, -0.05) is 0 Å². The molecule has 0 unspecified atom stereocenters. The molecule has 0 atom stereocenters. The van der Waals surface area contributed by atoms with Gasteiger partial charge in [-0.3, -0.25) is 24.2 Å². The van der Waals surface area contributed by atoms with Crippen LogP contribution < -0.4 is 16.4 Å². The van der Waals surface area contributed by atoms with Crippen molar-refractivity contribution in [1.82, 2.24) is 29.6 Å². The van der Waals surface area contributed by atoms with Crippen LogP contribution in [0.2, 0.25) is 0 Å². The SMILES string of the molecule is CCn1nc(C)cc1C(=O)Nc1nc2cc(C(N)=O)cnc2n1CCCNC(=O)OC(C)(C)C. The normalized spacial score (nSPS) is 11.4. The second-order valence-electron chi connectivity index (χ2n) is 8.74. The number of primary amides is 1. The van der Waals surface area contributed by atoms with Gasteiger partial charge in [-0.2, -0.15) is 5.10 Å². The monoisotopic (exact) mass is 470 g/mol. The van der Waals surface area contributed by atoms with Crippen LogP contribution >= 0.6 is 0 Å². The molecule has 3 amide bonds. The lowest BCUT2D eigenvalue weighted by atomic mass is 10.2. The largest absolute Gasteiger partial charge is 0.444 e. The number of aromatic nitrogens is 5. The van der Waals surface area contributed by atoms with E-state index in [2.05, 4.69) is 25.7 Å². The molecule has 0 bridgehead atoms. The summed E-state index contributed by atoms with van der Waals surface area (Å²) < 4.78 is 8.56. The third-order valence-corrected chi connectivity index (χ3v) is 4.76. The molecule has 4 N–H and O–H groups in total. The van der Waals surface area contributed by atoms with Crippen molar-refractivity contribution in [1.29, 1.82) is 0 Å². The highest BCUT2D eigenvalue weighted by atomic mass is 16.6. The first-order valence-corrected chi connectivity index (χ1v) is 11.0. The first-order valence-electron chi connectivity index (χ1n) is 11.0. The maximum Gasteiger partial charge on any atom is 0.407 e. The molecule has 0 aliphatic rings. The van der Waals surface area contributed by atoms with E-state index in [0.717, 1.165) is 5.69 Å². The minimum absolute atomic E-state index is 0.210. The zero-order valence-corrected chi connectivity index (χ0v) is 20.0. The van der Waals surface area contributed by atoms with Gasteiger partial charge in [0.25, 0.3) is 5.91 Å². The summed E-state index contributed by atoms with van der Waals surface area (Å²) in [4.78, 5) is 45.2. The number of nitrogens with zero attached hydrogens (tertiary/aromatic N) is 5. The molecule has 0 saturated heterocycles. The van der Waals surface area contributed by atoms with Crippen LogP contribution in [0.5, 0.6) is 0 Å². The van der Waals surface area contributed by atoms with E-state index in [1.807, 2.05) is 13.8 Å². The Bertz CT molecular complexity index is 1220. The molecule has 3 heterocycles. The Kier molecular flexibility index (Phi) is 7.18. The van der Waals surface area contributed by atoms with Gasteiger partial charge in [0, 0.05) is 25.8 Å². The molecule has 3 aromatic heterocycles. The molecule has 0 spiro atoms. The Balaban J connectivity index is 1.83. The second kappa shape index (κ2) is 9.89. The van der Waals surface area contributed by atoms with Gasteiger partial charge in [0.15, 0.2) is 5.65 Å². The predicted octanol–water partition coefficient (Wildman–Crippen LogP) is 2.22. The molecule has 0 aromatic carbocycles. The summed E-state index contributed by atoms with van der Waals surface area (Å²) in [6.45, 7) is 10.3. The Labute approximate surface area is 196 Å². The smallest absolute Gasteiger partial charge is 0.407 e. The van der Waals surface area contributed by atoms with Gasteiger partial charge in [-0.05, 0) is 53.2 Å². The number of amides is 3. The molecule has 182 valence electrons. The highest BCUT2D eigenvalue weighted by Crippen LogP contribution is 2.20. The molecule has 0 radical (unpaired) electrons. The maximum atomic E-state index is 13.0. The molecule has 0 aliphatic carbocycles. The van der Waals surface area contributed by atoms with Crippen molar-refractivity contribution in [2.75, 3.05) is 11.9 Å². The first kappa shape index (κ1) is 24.7. The third kappa shape index (κ3) is 5.88. The Morgan fingerprint density at radius 1 is 1.21 bits per heavy atom. The summed E-state index contributed by atoms with van der Waals surface area (Å²) >= 11 is 0. The number of ether oxygens (including phenoxy) is 1. The Hall–Kier alpha value is -3.96. The summed E-state index contributed by atoms with van der Waals surface area (Å²) in [5.74, 6) is -0.743. The summed E-state index contributed by atoms with van der Waals surface area (Å²) in [6.07, 6.45) is 1.37. The highest BCUT2D eigenvalue weighted by Gasteiger charge is 2.20. The number of anilines is 1. The molecular formula is C22H30N8O4. The number of hydrogen-bond acceptors (Lipinski definition) is 7. The first-order chi connectivity index (χ1) is 16.0. The van der Waals surface area contributed by atoms with Crippen molar-refractivity contribution < 1.29 is 19.1 Å². The summed E-state index contributed by atoms with van der Waals surface area (Å²) in [6, 6.07) is 3.22. The van der Waals surface area contributed by atoms with Gasteiger partial charge in [0.1, 0.15) is 16.8 Å². The summed E-state index contributed by atoms with van der Waals surface area (Å²) in [5, 5.41) is 9.82. The molecule has 0 saturated carbocycles. The molecule has 3 rings (SSSR count). The van der Waals surface area contributed by atoms with Crippen LogP contribution in [0.25, 0.3) is 11.2 Å². The molecule has 0 fully saturated rings. The highest BCUT2D eigenvalue weighted by molar-refractivity contribution is 6.03. The van der Waals surface area contributed by atoms with Crippen molar-refractivity contribution in [2.24, 2.45) is 5.73 Å². The lowest BCUT2D eigenvalue weighted by Crippen LogP contribution is -2.33.